The second-order valence-electron chi connectivity index (χ2n) is 4.13. The molecule has 19 heavy (non-hydrogen) atoms. The lowest BCUT2D eigenvalue weighted by Crippen LogP contribution is -2.04. The zero-order chi connectivity index (χ0) is 14.0. The summed E-state index contributed by atoms with van der Waals surface area (Å²) in [5.41, 5.74) is 6.85. The van der Waals surface area contributed by atoms with Crippen LogP contribution in [-0.2, 0) is 0 Å². The molecule has 0 heterocycles. The van der Waals surface area contributed by atoms with Crippen molar-refractivity contribution in [2.75, 3.05) is 0 Å². The third kappa shape index (κ3) is 3.42. The van der Waals surface area contributed by atoms with Crippen LogP contribution in [0.25, 0.3) is 0 Å². The summed E-state index contributed by atoms with van der Waals surface area (Å²) in [6.07, 6.45) is 0. The number of hydrogen-bond acceptors (Lipinski definition) is 2. The van der Waals surface area contributed by atoms with Crippen LogP contribution in [0.5, 0.6) is 11.5 Å². The summed E-state index contributed by atoms with van der Waals surface area (Å²) in [5.74, 6) is 1.18. The van der Waals surface area contributed by atoms with E-state index in [-0.39, 0.29) is 6.04 Å². The highest BCUT2D eigenvalue weighted by atomic mass is 79.9. The molecule has 0 amide bonds. The molecule has 0 aliphatic carbocycles. The van der Waals surface area contributed by atoms with Gasteiger partial charge in [0.05, 0.1) is 9.50 Å². The van der Waals surface area contributed by atoms with Gasteiger partial charge in [-0.2, -0.15) is 0 Å². The van der Waals surface area contributed by atoms with Crippen LogP contribution >= 0.6 is 39.1 Å². The van der Waals surface area contributed by atoms with Crippen LogP contribution in [0.3, 0.4) is 0 Å². The van der Waals surface area contributed by atoms with Gasteiger partial charge in [0.1, 0.15) is 16.5 Å². The molecule has 0 radical (unpaired) electrons. The van der Waals surface area contributed by atoms with Crippen molar-refractivity contribution in [3.63, 3.8) is 0 Å². The van der Waals surface area contributed by atoms with Crippen molar-refractivity contribution >= 4 is 39.1 Å². The molecule has 0 spiro atoms. The maximum Gasteiger partial charge on any atom is 0.147 e. The maximum atomic E-state index is 6.08. The number of halogens is 3. The van der Waals surface area contributed by atoms with Gasteiger partial charge in [0.15, 0.2) is 0 Å². The van der Waals surface area contributed by atoms with E-state index in [2.05, 4.69) is 15.9 Å². The first-order chi connectivity index (χ1) is 8.99. The van der Waals surface area contributed by atoms with Crippen molar-refractivity contribution in [3.05, 3.63) is 56.5 Å². The highest BCUT2D eigenvalue weighted by Gasteiger charge is 2.10. The predicted octanol–water partition coefficient (Wildman–Crippen LogP) is 5.57. The zero-order valence-corrected chi connectivity index (χ0v) is 13.3. The molecule has 5 heteroatoms. The molecular formula is C14H12BrCl2NO. The Morgan fingerprint density at radius 2 is 1.89 bits per heavy atom. The highest BCUT2D eigenvalue weighted by molar-refractivity contribution is 9.10. The van der Waals surface area contributed by atoms with Crippen LogP contribution in [0, 0.1) is 0 Å². The van der Waals surface area contributed by atoms with E-state index in [0.717, 1.165) is 10.0 Å². The van der Waals surface area contributed by atoms with Crippen molar-refractivity contribution in [1.29, 1.82) is 0 Å². The molecule has 2 rings (SSSR count). The standard InChI is InChI=1S/C14H12BrCl2NO/c1-8(18)9-5-6-12(10(15)7-9)19-13-4-2-3-11(16)14(13)17/h2-8H,18H2,1H3. The van der Waals surface area contributed by atoms with Crippen LogP contribution in [-0.4, -0.2) is 0 Å². The normalized spacial score (nSPS) is 12.3. The van der Waals surface area contributed by atoms with Crippen LogP contribution in [0.4, 0.5) is 0 Å². The molecule has 100 valence electrons. The topological polar surface area (TPSA) is 35.2 Å². The summed E-state index contributed by atoms with van der Waals surface area (Å²) in [7, 11) is 0. The number of hydrogen-bond donors (Lipinski definition) is 1. The first-order valence-corrected chi connectivity index (χ1v) is 7.21. The fraction of sp³-hybridized carbons (Fsp3) is 0.143. The van der Waals surface area contributed by atoms with E-state index >= 15 is 0 Å². The van der Waals surface area contributed by atoms with E-state index in [1.165, 1.54) is 0 Å². The lowest BCUT2D eigenvalue weighted by Gasteiger charge is -2.12. The van der Waals surface area contributed by atoms with Crippen molar-refractivity contribution in [1.82, 2.24) is 0 Å². The smallest absolute Gasteiger partial charge is 0.147 e. The molecule has 0 aliphatic rings. The summed E-state index contributed by atoms with van der Waals surface area (Å²) >= 11 is 15.5. The first kappa shape index (κ1) is 14.7. The first-order valence-electron chi connectivity index (χ1n) is 5.66. The number of rotatable bonds is 3. The summed E-state index contributed by atoms with van der Waals surface area (Å²) in [6, 6.07) is 10.9. The van der Waals surface area contributed by atoms with Gasteiger partial charge in [-0.1, -0.05) is 35.3 Å². The fourth-order valence-corrected chi connectivity index (χ4v) is 2.37. The van der Waals surface area contributed by atoms with Crippen molar-refractivity contribution < 1.29 is 4.74 Å². The Morgan fingerprint density at radius 1 is 1.16 bits per heavy atom. The minimum absolute atomic E-state index is 0.0277. The molecule has 0 aromatic heterocycles. The molecule has 2 nitrogen and oxygen atoms in total. The Hall–Kier alpha value is -0.740. The summed E-state index contributed by atoms with van der Waals surface area (Å²) in [6.45, 7) is 1.93. The lowest BCUT2D eigenvalue weighted by molar-refractivity contribution is 0.479. The van der Waals surface area contributed by atoms with Crippen LogP contribution in [0.2, 0.25) is 10.0 Å². The second-order valence-corrected chi connectivity index (χ2v) is 5.77. The third-order valence-electron chi connectivity index (χ3n) is 2.62. The highest BCUT2D eigenvalue weighted by Crippen LogP contribution is 2.37. The number of nitrogens with two attached hydrogens (primary N) is 1. The van der Waals surface area contributed by atoms with Crippen molar-refractivity contribution in [3.8, 4) is 11.5 Å². The number of ether oxygens (including phenoxy) is 1. The van der Waals surface area contributed by atoms with Gasteiger partial charge in [-0.15, -0.1) is 0 Å². The minimum Gasteiger partial charge on any atom is -0.455 e. The summed E-state index contributed by atoms with van der Waals surface area (Å²) < 4.78 is 6.57. The van der Waals surface area contributed by atoms with E-state index in [1.807, 2.05) is 25.1 Å². The SMILES string of the molecule is CC(N)c1ccc(Oc2cccc(Cl)c2Cl)c(Br)c1. The molecule has 2 aromatic carbocycles. The Bertz CT molecular complexity index is 602. The summed E-state index contributed by atoms with van der Waals surface area (Å²) in [5, 5.41) is 0.856. The molecule has 0 bridgehead atoms. The van der Waals surface area contributed by atoms with Crippen molar-refractivity contribution in [2.45, 2.75) is 13.0 Å². The van der Waals surface area contributed by atoms with E-state index in [9.17, 15) is 0 Å². The average molecular weight is 361 g/mol. The van der Waals surface area contributed by atoms with Gasteiger partial charge >= 0.3 is 0 Å². The van der Waals surface area contributed by atoms with E-state index in [0.29, 0.717) is 21.5 Å². The van der Waals surface area contributed by atoms with E-state index < -0.39 is 0 Å². The monoisotopic (exact) mass is 359 g/mol. The molecular weight excluding hydrogens is 349 g/mol. The van der Waals surface area contributed by atoms with Gasteiger partial charge in [-0.25, -0.2) is 0 Å². The lowest BCUT2D eigenvalue weighted by atomic mass is 10.1. The fourth-order valence-electron chi connectivity index (χ4n) is 1.56. The third-order valence-corrected chi connectivity index (χ3v) is 4.04. The van der Waals surface area contributed by atoms with E-state index in [4.69, 9.17) is 33.7 Å². The maximum absolute atomic E-state index is 6.08. The van der Waals surface area contributed by atoms with Crippen LogP contribution < -0.4 is 10.5 Å². The Labute approximate surface area is 130 Å². The minimum atomic E-state index is -0.0277. The van der Waals surface area contributed by atoms with E-state index in [1.54, 1.807) is 18.2 Å². The van der Waals surface area contributed by atoms with Crippen molar-refractivity contribution in [2.24, 2.45) is 5.73 Å². The molecule has 1 atom stereocenters. The molecule has 2 N–H and O–H groups in total. The molecule has 0 aliphatic heterocycles. The molecule has 0 saturated heterocycles. The zero-order valence-electron chi connectivity index (χ0n) is 10.2. The quantitative estimate of drug-likeness (QED) is 0.776. The largest absolute Gasteiger partial charge is 0.455 e. The van der Waals surface area contributed by atoms with Gasteiger partial charge in [0, 0.05) is 6.04 Å². The summed E-state index contributed by atoms with van der Waals surface area (Å²) in [4.78, 5) is 0. The Balaban J connectivity index is 2.31. The Kier molecular flexibility index (Phi) is 4.74. The number of benzene rings is 2. The van der Waals surface area contributed by atoms with Gasteiger partial charge < -0.3 is 10.5 Å². The molecule has 0 fully saturated rings. The van der Waals surface area contributed by atoms with Gasteiger partial charge in [-0.05, 0) is 52.7 Å². The second kappa shape index (κ2) is 6.14. The van der Waals surface area contributed by atoms with Gasteiger partial charge in [-0.3, -0.25) is 0 Å². The molecule has 0 saturated carbocycles. The van der Waals surface area contributed by atoms with Crippen LogP contribution in [0.1, 0.15) is 18.5 Å². The van der Waals surface area contributed by atoms with Crippen LogP contribution in [0.15, 0.2) is 40.9 Å². The molecule has 1 unspecified atom stereocenters. The van der Waals surface area contributed by atoms with Gasteiger partial charge in [0.2, 0.25) is 0 Å². The molecule has 2 aromatic rings. The van der Waals surface area contributed by atoms with Gasteiger partial charge in [0.25, 0.3) is 0 Å². The average Bonchev–Trinajstić information content (AvgIpc) is 2.37. The predicted molar refractivity (Wildman–Crippen MR) is 83.3 cm³/mol. The Morgan fingerprint density at radius 3 is 2.53 bits per heavy atom.